The van der Waals surface area contributed by atoms with Gasteiger partial charge < -0.3 is 19.1 Å². The predicted octanol–water partition coefficient (Wildman–Crippen LogP) is 5.53. The zero-order chi connectivity index (χ0) is 35.6. The number of carbonyl (C=O) groups is 1. The van der Waals surface area contributed by atoms with Gasteiger partial charge in [0.2, 0.25) is 5.88 Å². The summed E-state index contributed by atoms with van der Waals surface area (Å²) < 4.78 is 50.5. The summed E-state index contributed by atoms with van der Waals surface area (Å²) in [6, 6.07) is 1.98. The molecule has 0 unspecified atom stereocenters. The number of piperazine rings is 1. The monoisotopic (exact) mass is 705 g/mol. The number of aryl methyl sites for hydroxylation is 1. The molecule has 270 valence electrons. The number of pyridine rings is 1. The van der Waals surface area contributed by atoms with E-state index in [4.69, 9.17) is 24.2 Å². The van der Waals surface area contributed by atoms with Crippen molar-refractivity contribution in [3.8, 4) is 23.1 Å². The largest absolute Gasteiger partial charge is 0.472 e. The van der Waals surface area contributed by atoms with Crippen LogP contribution in [0.15, 0.2) is 12.1 Å². The molecule has 0 saturated carbocycles. The van der Waals surface area contributed by atoms with Gasteiger partial charge in [0.25, 0.3) is 5.69 Å². The maximum absolute atomic E-state index is 17.1. The molecule has 0 radical (unpaired) electrons. The Morgan fingerprint density at radius 2 is 2.00 bits per heavy atom. The fourth-order valence-corrected chi connectivity index (χ4v) is 9.54. The summed E-state index contributed by atoms with van der Waals surface area (Å²) in [4.78, 5) is 45.3. The Morgan fingerprint density at radius 3 is 2.75 bits per heavy atom. The van der Waals surface area contributed by atoms with E-state index in [1.165, 1.54) is 12.1 Å². The number of benzene rings is 1. The third-order valence-corrected chi connectivity index (χ3v) is 11.7. The van der Waals surface area contributed by atoms with Gasteiger partial charge in [-0.2, -0.15) is 9.97 Å². The average molecular weight is 706 g/mol. The van der Waals surface area contributed by atoms with Crippen LogP contribution in [-0.4, -0.2) is 104 Å². The number of alkyl halides is 1. The topological polar surface area (TPSA) is 136 Å². The molecule has 5 aliphatic heterocycles. The Bertz CT molecular complexity index is 1990. The lowest BCUT2D eigenvalue weighted by Gasteiger charge is -2.48. The summed E-state index contributed by atoms with van der Waals surface area (Å²) in [5.74, 6) is -0.256. The van der Waals surface area contributed by atoms with Gasteiger partial charge in [0.15, 0.2) is 5.82 Å². The van der Waals surface area contributed by atoms with Gasteiger partial charge in [-0.25, -0.2) is 18.6 Å². The Balaban J connectivity index is 1.19. The van der Waals surface area contributed by atoms with Crippen LogP contribution >= 0.6 is 0 Å². The summed E-state index contributed by atoms with van der Waals surface area (Å²) in [6.45, 7) is 9.11. The molecular formula is C36H41F2N7O6. The SMILES string of the molecule is C[C@@H]1Oc2nc(-c3cc([N+](=O)[O-])cc4c3CC4)c(F)c3nc(OC[C@@]45CCCN4C[C@H](F)C5)nc(c23)N2C[C@H]3CC[C@@H]([C@@H]12)N3C(=O)OC(C)(C)C. The van der Waals surface area contributed by atoms with Crippen LogP contribution in [0.4, 0.5) is 25.1 Å². The van der Waals surface area contributed by atoms with Gasteiger partial charge in [0.1, 0.15) is 46.9 Å². The molecule has 2 aromatic heterocycles. The molecule has 2 bridgehead atoms. The summed E-state index contributed by atoms with van der Waals surface area (Å²) in [6.07, 6.45) is 2.92. The lowest BCUT2D eigenvalue weighted by Crippen LogP contribution is -2.65. The molecule has 15 heteroatoms. The number of hydrogen-bond donors (Lipinski definition) is 0. The van der Waals surface area contributed by atoms with Crippen molar-refractivity contribution >= 4 is 28.5 Å². The molecule has 1 aliphatic carbocycles. The van der Waals surface area contributed by atoms with E-state index in [9.17, 15) is 19.3 Å². The van der Waals surface area contributed by atoms with Gasteiger partial charge >= 0.3 is 12.1 Å². The molecule has 3 aromatic rings. The van der Waals surface area contributed by atoms with Gasteiger partial charge in [-0.1, -0.05) is 0 Å². The number of halogens is 2. The van der Waals surface area contributed by atoms with Gasteiger partial charge in [0.05, 0.1) is 28.6 Å². The zero-order valence-corrected chi connectivity index (χ0v) is 29.2. The maximum Gasteiger partial charge on any atom is 0.410 e. The van der Waals surface area contributed by atoms with Crippen molar-refractivity contribution in [3.63, 3.8) is 0 Å². The van der Waals surface area contributed by atoms with Crippen LogP contribution in [0, 0.1) is 15.9 Å². The molecule has 4 fully saturated rings. The highest BCUT2D eigenvalue weighted by Gasteiger charge is 2.54. The maximum atomic E-state index is 17.1. The van der Waals surface area contributed by atoms with Crippen LogP contribution in [0.5, 0.6) is 11.9 Å². The standard InChI is InChI=1S/C36H41F2N7O6/c1-18-30-25-9-7-21(44(25)34(46)51-35(2,3)4)16-43(30)31-26-29(40-33(41-31)49-17-36-10-5-11-42(36)15-20(37)14-36)27(38)28(39-32(26)50-18)24-13-22(45(47)48)12-19-6-8-23(19)24/h12-13,18,20-21,25,30H,5-11,14-17H2,1-4H3/t18-,20+,21+,25-,30+,36-/m0/s1. The number of aromatic nitrogens is 3. The Morgan fingerprint density at radius 1 is 1.18 bits per heavy atom. The van der Waals surface area contributed by atoms with Gasteiger partial charge in [-0.05, 0) is 83.9 Å². The third kappa shape index (κ3) is 5.08. The van der Waals surface area contributed by atoms with Crippen LogP contribution in [0.1, 0.15) is 70.9 Å². The molecule has 1 amide bonds. The zero-order valence-electron chi connectivity index (χ0n) is 29.2. The van der Waals surface area contributed by atoms with Crippen LogP contribution in [-0.2, 0) is 17.6 Å². The van der Waals surface area contributed by atoms with Crippen LogP contribution in [0.3, 0.4) is 0 Å². The average Bonchev–Trinajstić information content (AvgIpc) is 3.65. The van der Waals surface area contributed by atoms with Crippen LogP contribution < -0.4 is 14.4 Å². The Kier molecular flexibility index (Phi) is 7.20. The minimum atomic E-state index is -0.951. The lowest BCUT2D eigenvalue weighted by molar-refractivity contribution is -0.384. The molecule has 51 heavy (non-hydrogen) atoms. The Hall–Kier alpha value is -4.40. The van der Waals surface area contributed by atoms with Crippen molar-refractivity contribution in [1.29, 1.82) is 0 Å². The molecule has 0 N–H and O–H groups in total. The minimum Gasteiger partial charge on any atom is -0.472 e. The summed E-state index contributed by atoms with van der Waals surface area (Å²) in [5.41, 5.74) is 0.453. The van der Waals surface area contributed by atoms with E-state index in [0.717, 1.165) is 36.9 Å². The molecule has 7 heterocycles. The second kappa shape index (κ2) is 11.3. The lowest BCUT2D eigenvalue weighted by atomic mass is 9.83. The van der Waals surface area contributed by atoms with E-state index >= 15 is 4.39 Å². The second-order valence-corrected chi connectivity index (χ2v) is 16.0. The first-order chi connectivity index (χ1) is 24.3. The molecule has 0 spiro atoms. The van der Waals surface area contributed by atoms with E-state index in [2.05, 4.69) is 14.8 Å². The number of ether oxygens (including phenoxy) is 3. The first-order valence-corrected chi connectivity index (χ1v) is 18.0. The number of rotatable bonds is 5. The van der Waals surface area contributed by atoms with Gasteiger partial charge in [0, 0.05) is 37.2 Å². The minimum absolute atomic E-state index is 0.0506. The molecule has 1 aromatic carbocycles. The molecule has 6 aliphatic rings. The van der Waals surface area contributed by atoms with E-state index < -0.39 is 46.3 Å². The first kappa shape index (κ1) is 32.5. The molecule has 4 saturated heterocycles. The first-order valence-electron chi connectivity index (χ1n) is 18.0. The molecule has 6 atom stereocenters. The number of nitrogens with zero attached hydrogens (tertiary/aromatic N) is 7. The normalized spacial score (nSPS) is 29.2. The van der Waals surface area contributed by atoms with Crippen molar-refractivity contribution < 1.29 is 32.7 Å². The quantitative estimate of drug-likeness (QED) is 0.245. The smallest absolute Gasteiger partial charge is 0.410 e. The number of amides is 1. The highest BCUT2D eigenvalue weighted by atomic mass is 19.1. The number of nitro benzene ring substituents is 1. The number of non-ortho nitro benzene ring substituents is 1. The summed E-state index contributed by atoms with van der Waals surface area (Å²) in [5, 5.41) is 12.2. The van der Waals surface area contributed by atoms with E-state index in [-0.39, 0.29) is 52.9 Å². The van der Waals surface area contributed by atoms with Crippen LogP contribution in [0.2, 0.25) is 0 Å². The highest BCUT2D eigenvalue weighted by molar-refractivity contribution is 5.98. The highest BCUT2D eigenvalue weighted by Crippen LogP contribution is 2.48. The Labute approximate surface area is 293 Å². The number of fused-ring (bicyclic) bond motifs is 7. The van der Waals surface area contributed by atoms with E-state index in [1.54, 1.807) is 0 Å². The third-order valence-electron chi connectivity index (χ3n) is 11.7. The van der Waals surface area contributed by atoms with Crippen molar-refractivity contribution in [3.05, 3.63) is 39.2 Å². The molecule has 13 nitrogen and oxygen atoms in total. The molecule has 9 rings (SSSR count). The van der Waals surface area contributed by atoms with Crippen molar-refractivity contribution in [2.75, 3.05) is 31.1 Å². The number of carbonyl (C=O) groups excluding carboxylic acids is 1. The summed E-state index contributed by atoms with van der Waals surface area (Å²) in [7, 11) is 0. The fourth-order valence-electron chi connectivity index (χ4n) is 9.54. The van der Waals surface area contributed by atoms with Gasteiger partial charge in [-0.15, -0.1) is 0 Å². The number of nitro groups is 1. The fraction of sp³-hybridized carbons (Fsp3) is 0.611. The number of anilines is 1. The predicted molar refractivity (Wildman–Crippen MR) is 181 cm³/mol. The van der Waals surface area contributed by atoms with Crippen molar-refractivity contribution in [1.82, 2.24) is 24.8 Å². The second-order valence-electron chi connectivity index (χ2n) is 16.0. The van der Waals surface area contributed by atoms with Gasteiger partial charge in [-0.3, -0.25) is 19.9 Å². The van der Waals surface area contributed by atoms with Crippen molar-refractivity contribution in [2.45, 2.75) is 114 Å². The number of hydrogen-bond acceptors (Lipinski definition) is 11. The van der Waals surface area contributed by atoms with E-state index in [0.29, 0.717) is 50.2 Å². The van der Waals surface area contributed by atoms with E-state index in [1.807, 2.05) is 32.6 Å². The van der Waals surface area contributed by atoms with Crippen molar-refractivity contribution in [2.24, 2.45) is 0 Å². The molecular weight excluding hydrogens is 664 g/mol. The van der Waals surface area contributed by atoms with Crippen LogP contribution in [0.25, 0.3) is 22.2 Å². The summed E-state index contributed by atoms with van der Waals surface area (Å²) >= 11 is 0.